The lowest BCUT2D eigenvalue weighted by molar-refractivity contribution is 0.0763. The molecule has 100 valence electrons. The Morgan fingerprint density at radius 1 is 1.44 bits per heavy atom. The van der Waals surface area contributed by atoms with Gasteiger partial charge in [0, 0.05) is 18.4 Å². The van der Waals surface area contributed by atoms with E-state index in [1.807, 2.05) is 6.92 Å². The van der Waals surface area contributed by atoms with E-state index in [1.165, 1.54) is 7.11 Å². The number of para-hydroxylation sites is 1. The first-order valence-corrected chi connectivity index (χ1v) is 6.99. The average Bonchev–Trinajstić information content (AvgIpc) is 2.38. The summed E-state index contributed by atoms with van der Waals surface area (Å²) >= 11 is 3.33. The maximum absolute atomic E-state index is 12.3. The van der Waals surface area contributed by atoms with E-state index in [4.69, 9.17) is 4.74 Å². The number of hydrogen-bond acceptors (Lipinski definition) is 3. The third-order valence-corrected chi connectivity index (χ3v) is 2.94. The Morgan fingerprint density at radius 3 is 2.72 bits per heavy atom. The van der Waals surface area contributed by atoms with Crippen molar-refractivity contribution in [3.05, 3.63) is 23.8 Å². The molecule has 0 fully saturated rings. The Labute approximate surface area is 116 Å². The summed E-state index contributed by atoms with van der Waals surface area (Å²) in [5, 5.41) is 10.7. The molecule has 18 heavy (non-hydrogen) atoms. The Bertz CT molecular complexity index is 403. The number of carbonyl (C=O) groups excluding carboxylic acids is 1. The van der Waals surface area contributed by atoms with Crippen LogP contribution in [-0.4, -0.2) is 41.4 Å². The fourth-order valence-electron chi connectivity index (χ4n) is 1.72. The fraction of sp³-hybridized carbons (Fsp3) is 0.462. The quantitative estimate of drug-likeness (QED) is 0.821. The number of halogens is 1. The van der Waals surface area contributed by atoms with Gasteiger partial charge in [0.15, 0.2) is 11.5 Å². The van der Waals surface area contributed by atoms with Crippen LogP contribution in [0, 0.1) is 0 Å². The van der Waals surface area contributed by atoms with Gasteiger partial charge in [-0.2, -0.15) is 0 Å². The predicted molar refractivity (Wildman–Crippen MR) is 74.6 cm³/mol. The molecule has 1 aromatic carbocycles. The van der Waals surface area contributed by atoms with Crippen molar-refractivity contribution in [3.8, 4) is 11.5 Å². The molecule has 0 aliphatic rings. The van der Waals surface area contributed by atoms with Crippen LogP contribution >= 0.6 is 15.9 Å². The Morgan fingerprint density at radius 2 is 2.17 bits per heavy atom. The number of alkyl halides is 1. The van der Waals surface area contributed by atoms with Crippen LogP contribution in [0.1, 0.15) is 23.7 Å². The normalized spacial score (nSPS) is 10.2. The van der Waals surface area contributed by atoms with Gasteiger partial charge in [-0.15, -0.1) is 0 Å². The number of methoxy groups -OCH3 is 1. The van der Waals surface area contributed by atoms with Gasteiger partial charge in [-0.25, -0.2) is 0 Å². The molecule has 0 radical (unpaired) electrons. The Kier molecular flexibility index (Phi) is 5.98. The van der Waals surface area contributed by atoms with Gasteiger partial charge in [-0.1, -0.05) is 28.9 Å². The smallest absolute Gasteiger partial charge is 0.257 e. The molecule has 5 heteroatoms. The van der Waals surface area contributed by atoms with E-state index in [-0.39, 0.29) is 17.2 Å². The molecule has 0 aromatic heterocycles. The number of phenols is 1. The van der Waals surface area contributed by atoms with Crippen molar-refractivity contribution in [1.29, 1.82) is 0 Å². The van der Waals surface area contributed by atoms with Crippen LogP contribution in [0.15, 0.2) is 18.2 Å². The van der Waals surface area contributed by atoms with Crippen molar-refractivity contribution < 1.29 is 14.6 Å². The fourth-order valence-corrected chi connectivity index (χ4v) is 2.14. The Balaban J connectivity index is 3.00. The summed E-state index contributed by atoms with van der Waals surface area (Å²) in [5.74, 6) is 0.0458. The van der Waals surface area contributed by atoms with Gasteiger partial charge >= 0.3 is 0 Å². The maximum atomic E-state index is 12.3. The number of amides is 1. The summed E-state index contributed by atoms with van der Waals surface area (Å²) in [6, 6.07) is 4.93. The molecule has 1 rings (SSSR count). The number of ether oxygens (including phenoxy) is 1. The van der Waals surface area contributed by atoms with Gasteiger partial charge in [0.2, 0.25) is 0 Å². The van der Waals surface area contributed by atoms with Crippen LogP contribution in [-0.2, 0) is 0 Å². The number of hydrogen-bond donors (Lipinski definition) is 1. The third-order valence-electron chi connectivity index (χ3n) is 2.58. The molecule has 1 amide bonds. The van der Waals surface area contributed by atoms with Gasteiger partial charge in [0.1, 0.15) is 0 Å². The molecule has 1 aromatic rings. The van der Waals surface area contributed by atoms with E-state index in [1.54, 1.807) is 23.1 Å². The van der Waals surface area contributed by atoms with Gasteiger partial charge in [-0.3, -0.25) is 4.79 Å². The summed E-state index contributed by atoms with van der Waals surface area (Å²) in [4.78, 5) is 14.0. The lowest BCUT2D eigenvalue weighted by atomic mass is 10.1. The van der Waals surface area contributed by atoms with E-state index in [9.17, 15) is 9.90 Å². The van der Waals surface area contributed by atoms with Crippen molar-refractivity contribution in [1.82, 2.24) is 4.90 Å². The van der Waals surface area contributed by atoms with E-state index >= 15 is 0 Å². The van der Waals surface area contributed by atoms with Crippen LogP contribution in [0.3, 0.4) is 0 Å². The van der Waals surface area contributed by atoms with Crippen molar-refractivity contribution in [2.45, 2.75) is 13.3 Å². The van der Waals surface area contributed by atoms with E-state index in [0.29, 0.717) is 24.2 Å². The zero-order chi connectivity index (χ0) is 13.5. The molecule has 0 saturated carbocycles. The molecule has 0 spiro atoms. The summed E-state index contributed by atoms with van der Waals surface area (Å²) in [6.45, 7) is 3.30. The highest BCUT2D eigenvalue weighted by Gasteiger charge is 2.19. The number of phenolic OH excluding ortho intramolecular Hbond substituents is 1. The highest BCUT2D eigenvalue weighted by molar-refractivity contribution is 9.09. The zero-order valence-electron chi connectivity index (χ0n) is 10.6. The second-order valence-corrected chi connectivity index (χ2v) is 4.63. The summed E-state index contributed by atoms with van der Waals surface area (Å²) in [7, 11) is 1.46. The molecule has 0 bridgehead atoms. The number of carbonyl (C=O) groups is 1. The molecule has 4 nitrogen and oxygen atoms in total. The number of rotatable bonds is 6. The van der Waals surface area contributed by atoms with Crippen molar-refractivity contribution in [2.24, 2.45) is 0 Å². The minimum atomic E-state index is -0.173. The number of aromatic hydroxyl groups is 1. The molecule has 0 heterocycles. The van der Waals surface area contributed by atoms with Crippen LogP contribution in [0.2, 0.25) is 0 Å². The predicted octanol–water partition coefficient (Wildman–Crippen LogP) is 2.65. The first kappa shape index (κ1) is 14.8. The highest BCUT2D eigenvalue weighted by Crippen LogP contribution is 2.30. The van der Waals surface area contributed by atoms with Gasteiger partial charge in [-0.05, 0) is 18.6 Å². The first-order chi connectivity index (χ1) is 8.65. The first-order valence-electron chi connectivity index (χ1n) is 5.86. The van der Waals surface area contributed by atoms with Crippen molar-refractivity contribution in [2.75, 3.05) is 25.5 Å². The van der Waals surface area contributed by atoms with Gasteiger partial charge in [0.25, 0.3) is 5.91 Å². The lowest BCUT2D eigenvalue weighted by Crippen LogP contribution is -2.33. The lowest BCUT2D eigenvalue weighted by Gasteiger charge is -2.21. The molecule has 1 N–H and O–H groups in total. The summed E-state index contributed by atoms with van der Waals surface area (Å²) < 4.78 is 5.01. The topological polar surface area (TPSA) is 49.8 Å². The van der Waals surface area contributed by atoms with Crippen molar-refractivity contribution >= 4 is 21.8 Å². The highest BCUT2D eigenvalue weighted by atomic mass is 79.9. The summed E-state index contributed by atoms with van der Waals surface area (Å²) in [5.41, 5.74) is 0.281. The molecule has 0 atom stereocenters. The van der Waals surface area contributed by atoms with Crippen molar-refractivity contribution in [3.63, 3.8) is 0 Å². The second-order valence-electron chi connectivity index (χ2n) is 3.84. The van der Waals surface area contributed by atoms with E-state index < -0.39 is 0 Å². The van der Waals surface area contributed by atoms with Gasteiger partial charge in [0.05, 0.1) is 12.7 Å². The van der Waals surface area contributed by atoms with Crippen LogP contribution in [0.5, 0.6) is 11.5 Å². The summed E-state index contributed by atoms with van der Waals surface area (Å²) in [6.07, 6.45) is 0.878. The number of nitrogens with zero attached hydrogens (tertiary/aromatic N) is 1. The monoisotopic (exact) mass is 315 g/mol. The zero-order valence-corrected chi connectivity index (χ0v) is 12.2. The SMILES string of the molecule is CCCN(CCBr)C(=O)c1cccc(OC)c1O. The van der Waals surface area contributed by atoms with Gasteiger partial charge < -0.3 is 14.7 Å². The standard InChI is InChI=1S/C13H18BrNO3/c1-3-8-15(9-7-14)13(17)10-5-4-6-11(18-2)12(10)16/h4-6,16H,3,7-9H2,1-2H3. The van der Waals surface area contributed by atoms with E-state index in [0.717, 1.165) is 6.42 Å². The molecule has 0 aliphatic heterocycles. The number of benzene rings is 1. The second kappa shape index (κ2) is 7.26. The molecular formula is C13H18BrNO3. The molecule has 0 unspecified atom stereocenters. The molecule has 0 saturated heterocycles. The largest absolute Gasteiger partial charge is 0.504 e. The maximum Gasteiger partial charge on any atom is 0.257 e. The minimum absolute atomic E-state index is 0.0966. The third kappa shape index (κ3) is 3.38. The molecule has 0 aliphatic carbocycles. The van der Waals surface area contributed by atoms with Crippen LogP contribution in [0.4, 0.5) is 0 Å². The van der Waals surface area contributed by atoms with Crippen LogP contribution in [0.25, 0.3) is 0 Å². The Hall–Kier alpha value is -1.23. The molecular weight excluding hydrogens is 298 g/mol. The van der Waals surface area contributed by atoms with Crippen LogP contribution < -0.4 is 4.74 Å². The van der Waals surface area contributed by atoms with E-state index in [2.05, 4.69) is 15.9 Å². The minimum Gasteiger partial charge on any atom is -0.504 e. The average molecular weight is 316 g/mol.